The summed E-state index contributed by atoms with van der Waals surface area (Å²) >= 11 is 0. The van der Waals surface area contributed by atoms with Crippen molar-refractivity contribution in [2.24, 2.45) is 0 Å². The van der Waals surface area contributed by atoms with Crippen LogP contribution in [0.2, 0.25) is 0 Å². The zero-order valence-electron chi connectivity index (χ0n) is 18.9. The largest absolute Gasteiger partial charge is 0.460 e. The van der Waals surface area contributed by atoms with Crippen LogP contribution in [0.25, 0.3) is 0 Å². The molecule has 0 atom stereocenters. The molecule has 0 bridgehead atoms. The Labute approximate surface area is 205 Å². The van der Waals surface area contributed by atoms with E-state index in [1.54, 1.807) is 0 Å². The van der Waals surface area contributed by atoms with E-state index in [2.05, 4.69) is 0 Å². The number of carbonyl (C=O) groups excluding carboxylic acids is 4. The van der Waals surface area contributed by atoms with Gasteiger partial charge in [0.15, 0.2) is 0 Å². The summed E-state index contributed by atoms with van der Waals surface area (Å²) in [6.45, 7) is -0.798. The number of rotatable bonds is 10. The fraction of sp³-hybridized carbons (Fsp3) is 0.154. The highest BCUT2D eigenvalue weighted by Gasteiger charge is 2.14. The summed E-state index contributed by atoms with van der Waals surface area (Å²) in [5, 5.41) is 17.4. The Bertz CT molecular complexity index is 1100. The molecule has 10 nitrogen and oxygen atoms in total. The van der Waals surface area contributed by atoms with Gasteiger partial charge in [-0.3, -0.25) is 0 Å². The Morgan fingerprint density at radius 3 is 1.06 bits per heavy atom. The van der Waals surface area contributed by atoms with Crippen molar-refractivity contribution in [3.63, 3.8) is 0 Å². The molecular weight excluding hydrogens is 472 g/mol. The second-order valence-corrected chi connectivity index (χ2v) is 7.12. The van der Waals surface area contributed by atoms with Crippen LogP contribution in [0.15, 0.2) is 72.8 Å². The summed E-state index contributed by atoms with van der Waals surface area (Å²) < 4.78 is 20.1. The second kappa shape index (κ2) is 12.8. The Morgan fingerprint density at radius 1 is 0.472 bits per heavy atom. The number of benzene rings is 3. The lowest BCUT2D eigenvalue weighted by atomic mass is 10.1. The van der Waals surface area contributed by atoms with Gasteiger partial charge in [-0.1, -0.05) is 0 Å². The number of aliphatic hydroxyl groups is 2. The van der Waals surface area contributed by atoms with Crippen LogP contribution in [-0.2, 0) is 9.47 Å². The highest BCUT2D eigenvalue weighted by molar-refractivity contribution is 5.95. The standard InChI is InChI=1S/C26H22O10/c27-13-15-33-23(29)17-5-9-21(10-6-17)35-25(31)19-1-2-20(4-3-19)26(32)36-22-11-7-18(8-12-22)24(30)34-16-14-28/h1-12,27-28H,13-16H2. The van der Waals surface area contributed by atoms with Crippen molar-refractivity contribution in [2.45, 2.75) is 0 Å². The molecule has 0 radical (unpaired) electrons. The van der Waals surface area contributed by atoms with E-state index in [1.165, 1.54) is 72.8 Å². The van der Waals surface area contributed by atoms with Crippen LogP contribution in [0.5, 0.6) is 11.5 Å². The number of hydrogen-bond acceptors (Lipinski definition) is 10. The fourth-order valence-corrected chi connectivity index (χ4v) is 2.84. The first-order valence-corrected chi connectivity index (χ1v) is 10.7. The van der Waals surface area contributed by atoms with Crippen molar-refractivity contribution in [2.75, 3.05) is 26.4 Å². The van der Waals surface area contributed by atoms with Gasteiger partial charge in [-0.2, -0.15) is 0 Å². The molecule has 0 heterocycles. The first-order valence-electron chi connectivity index (χ1n) is 10.7. The monoisotopic (exact) mass is 494 g/mol. The average Bonchev–Trinajstić information content (AvgIpc) is 2.91. The molecule has 36 heavy (non-hydrogen) atoms. The number of carbonyl (C=O) groups is 4. The zero-order valence-corrected chi connectivity index (χ0v) is 18.9. The predicted molar refractivity (Wildman–Crippen MR) is 124 cm³/mol. The van der Waals surface area contributed by atoms with Gasteiger partial charge in [-0.05, 0) is 72.8 Å². The third-order valence-corrected chi connectivity index (χ3v) is 4.61. The lowest BCUT2D eigenvalue weighted by molar-refractivity contribution is 0.0427. The molecule has 186 valence electrons. The first-order chi connectivity index (χ1) is 17.4. The van der Waals surface area contributed by atoms with Gasteiger partial charge < -0.3 is 29.2 Å². The number of esters is 4. The highest BCUT2D eigenvalue weighted by atomic mass is 16.5. The van der Waals surface area contributed by atoms with E-state index in [0.29, 0.717) is 0 Å². The van der Waals surface area contributed by atoms with Crippen molar-refractivity contribution in [1.82, 2.24) is 0 Å². The third kappa shape index (κ3) is 7.23. The molecule has 0 aliphatic heterocycles. The molecule has 0 spiro atoms. The smallest absolute Gasteiger partial charge is 0.343 e. The molecule has 0 unspecified atom stereocenters. The molecule has 0 aromatic heterocycles. The van der Waals surface area contributed by atoms with Gasteiger partial charge in [0.1, 0.15) is 24.7 Å². The van der Waals surface area contributed by atoms with E-state index in [4.69, 9.17) is 29.2 Å². The van der Waals surface area contributed by atoms with E-state index < -0.39 is 23.9 Å². The Kier molecular flexibility index (Phi) is 9.26. The maximum Gasteiger partial charge on any atom is 0.343 e. The summed E-state index contributed by atoms with van der Waals surface area (Å²) in [6, 6.07) is 17.0. The molecule has 0 saturated carbocycles. The summed E-state index contributed by atoms with van der Waals surface area (Å²) in [4.78, 5) is 48.2. The van der Waals surface area contributed by atoms with Gasteiger partial charge in [0.05, 0.1) is 35.5 Å². The normalized spacial score (nSPS) is 10.3. The topological polar surface area (TPSA) is 146 Å². The van der Waals surface area contributed by atoms with Crippen molar-refractivity contribution < 1.29 is 48.3 Å². The van der Waals surface area contributed by atoms with E-state index in [-0.39, 0.29) is 60.2 Å². The number of hydrogen-bond donors (Lipinski definition) is 2. The predicted octanol–water partition coefficient (Wildman–Crippen LogP) is 2.42. The zero-order chi connectivity index (χ0) is 25.9. The number of aliphatic hydroxyl groups excluding tert-OH is 2. The van der Waals surface area contributed by atoms with Gasteiger partial charge in [0, 0.05) is 0 Å². The van der Waals surface area contributed by atoms with Gasteiger partial charge >= 0.3 is 23.9 Å². The van der Waals surface area contributed by atoms with Crippen LogP contribution in [0.1, 0.15) is 41.4 Å². The summed E-state index contributed by atoms with van der Waals surface area (Å²) in [6.07, 6.45) is 0. The molecular formula is C26H22O10. The lowest BCUT2D eigenvalue weighted by Crippen LogP contribution is -2.12. The maximum absolute atomic E-state index is 12.4. The van der Waals surface area contributed by atoms with Gasteiger partial charge in [0.2, 0.25) is 0 Å². The summed E-state index contributed by atoms with van der Waals surface area (Å²) in [5.41, 5.74) is 0.845. The van der Waals surface area contributed by atoms with Gasteiger partial charge in [0.25, 0.3) is 0 Å². The molecule has 3 aromatic rings. The van der Waals surface area contributed by atoms with Gasteiger partial charge in [-0.25, -0.2) is 19.2 Å². The van der Waals surface area contributed by atoms with Crippen LogP contribution in [0.3, 0.4) is 0 Å². The Balaban J connectivity index is 1.55. The molecule has 0 fully saturated rings. The molecule has 0 amide bonds. The Hall–Kier alpha value is -4.54. The molecule has 2 N–H and O–H groups in total. The lowest BCUT2D eigenvalue weighted by Gasteiger charge is -2.08. The van der Waals surface area contributed by atoms with E-state index >= 15 is 0 Å². The van der Waals surface area contributed by atoms with Gasteiger partial charge in [-0.15, -0.1) is 0 Å². The van der Waals surface area contributed by atoms with Crippen molar-refractivity contribution in [3.8, 4) is 11.5 Å². The van der Waals surface area contributed by atoms with E-state index in [9.17, 15) is 19.2 Å². The molecule has 0 saturated heterocycles. The van der Waals surface area contributed by atoms with Crippen molar-refractivity contribution in [1.29, 1.82) is 0 Å². The van der Waals surface area contributed by atoms with Crippen LogP contribution >= 0.6 is 0 Å². The molecule has 10 heteroatoms. The minimum Gasteiger partial charge on any atom is -0.460 e. The average molecular weight is 494 g/mol. The summed E-state index contributed by atoms with van der Waals surface area (Å²) in [7, 11) is 0. The van der Waals surface area contributed by atoms with Crippen molar-refractivity contribution in [3.05, 3.63) is 95.1 Å². The third-order valence-electron chi connectivity index (χ3n) is 4.61. The molecule has 0 aliphatic carbocycles. The minimum absolute atomic E-state index is 0.117. The minimum atomic E-state index is -0.672. The van der Waals surface area contributed by atoms with E-state index in [0.717, 1.165) is 0 Å². The molecule has 0 aliphatic rings. The molecule has 3 rings (SSSR count). The van der Waals surface area contributed by atoms with Crippen LogP contribution in [-0.4, -0.2) is 60.5 Å². The first kappa shape index (κ1) is 26.1. The maximum atomic E-state index is 12.4. The van der Waals surface area contributed by atoms with Crippen LogP contribution < -0.4 is 9.47 Å². The quantitative estimate of drug-likeness (QED) is 0.318. The van der Waals surface area contributed by atoms with Crippen LogP contribution in [0, 0.1) is 0 Å². The second-order valence-electron chi connectivity index (χ2n) is 7.12. The highest BCUT2D eigenvalue weighted by Crippen LogP contribution is 2.18. The fourth-order valence-electron chi connectivity index (χ4n) is 2.84. The summed E-state index contributed by atoms with van der Waals surface area (Å²) in [5.74, 6) is -2.16. The molecule has 3 aromatic carbocycles. The van der Waals surface area contributed by atoms with E-state index in [1.807, 2.05) is 0 Å². The Morgan fingerprint density at radius 2 is 0.750 bits per heavy atom. The number of ether oxygens (including phenoxy) is 4. The van der Waals surface area contributed by atoms with Crippen LogP contribution in [0.4, 0.5) is 0 Å². The SMILES string of the molecule is O=C(OCCO)c1ccc(OC(=O)c2ccc(C(=O)Oc3ccc(C(=O)OCCO)cc3)cc2)cc1. The van der Waals surface area contributed by atoms with Crippen molar-refractivity contribution >= 4 is 23.9 Å².